The molecule has 4 aromatic heterocycles. The fraction of sp³-hybridized carbons (Fsp3) is 0.164. The maximum atomic E-state index is 2.70. The molecule has 0 bridgehead atoms. The van der Waals surface area contributed by atoms with E-state index in [-0.39, 0.29) is 10.8 Å². The van der Waals surface area contributed by atoms with Gasteiger partial charge >= 0.3 is 5.66 Å². The van der Waals surface area contributed by atoms with E-state index in [0.717, 1.165) is 0 Å². The van der Waals surface area contributed by atoms with Crippen LogP contribution < -0.4 is 9.13 Å². The zero-order chi connectivity index (χ0) is 39.4. The monoisotopic (exact) mass is 758 g/mol. The lowest BCUT2D eigenvalue weighted by atomic mass is 9.56. The highest BCUT2D eigenvalue weighted by molar-refractivity contribution is 6.15. The van der Waals surface area contributed by atoms with Gasteiger partial charge in [0.1, 0.15) is 22.2 Å². The van der Waals surface area contributed by atoms with Gasteiger partial charge in [0.2, 0.25) is 0 Å². The number of para-hydroxylation sites is 2. The maximum Gasteiger partial charge on any atom is 0.315 e. The van der Waals surface area contributed by atoms with Crippen molar-refractivity contribution in [2.45, 2.75) is 56.5 Å². The summed E-state index contributed by atoms with van der Waals surface area (Å²) in [5, 5.41) is 5.19. The number of fused-ring (bicyclic) bond motifs is 6. The zero-order valence-electron chi connectivity index (χ0n) is 33.9. The molecule has 4 heteroatoms. The number of pyridine rings is 2. The van der Waals surface area contributed by atoms with Crippen LogP contribution in [-0.4, -0.2) is 9.13 Å². The molecule has 1 aliphatic carbocycles. The van der Waals surface area contributed by atoms with Crippen molar-refractivity contribution in [2.24, 2.45) is 0 Å². The highest BCUT2D eigenvalue weighted by atomic mass is 15.4. The summed E-state index contributed by atoms with van der Waals surface area (Å²) in [7, 11) is 0. The first-order valence-electron chi connectivity index (χ1n) is 21.1. The molecule has 280 valence electrons. The molecule has 0 fully saturated rings. The molecule has 14 rings (SSSR count). The van der Waals surface area contributed by atoms with Crippen LogP contribution in [0.2, 0.25) is 0 Å². The third kappa shape index (κ3) is 3.32. The number of nitrogens with zero attached hydrogens (tertiary/aromatic N) is 4. The summed E-state index contributed by atoms with van der Waals surface area (Å²) in [5.41, 5.74) is 15.4. The number of hydrogen-bond acceptors (Lipinski definition) is 0. The summed E-state index contributed by atoms with van der Waals surface area (Å²) in [6.07, 6.45) is 4.83. The largest absolute Gasteiger partial charge is 0.315 e. The minimum absolute atomic E-state index is 0.0521. The normalized spacial score (nSPS) is 18.3. The van der Waals surface area contributed by atoms with Gasteiger partial charge in [-0.25, -0.2) is 0 Å². The van der Waals surface area contributed by atoms with Crippen LogP contribution in [0.4, 0.5) is 0 Å². The van der Waals surface area contributed by atoms with E-state index in [1.54, 1.807) is 0 Å². The molecule has 0 radical (unpaired) electrons. The summed E-state index contributed by atoms with van der Waals surface area (Å²) >= 11 is 0. The van der Waals surface area contributed by atoms with E-state index < -0.39 is 11.1 Å². The van der Waals surface area contributed by atoms with E-state index in [0.29, 0.717) is 0 Å². The van der Waals surface area contributed by atoms with Crippen LogP contribution in [0.5, 0.6) is 0 Å². The molecule has 59 heavy (non-hydrogen) atoms. The molecule has 0 N–H and O–H groups in total. The van der Waals surface area contributed by atoms with Crippen LogP contribution in [0, 0.1) is 0 Å². The minimum atomic E-state index is -0.782. The maximum absolute atomic E-state index is 2.70. The van der Waals surface area contributed by atoms with Gasteiger partial charge in [0.15, 0.2) is 11.0 Å². The van der Waals surface area contributed by atoms with Crippen molar-refractivity contribution >= 4 is 43.6 Å². The zero-order valence-corrected chi connectivity index (χ0v) is 33.9. The highest BCUT2D eigenvalue weighted by Crippen LogP contribution is 2.62. The molecule has 1 atom stereocenters. The second kappa shape index (κ2) is 10.1. The molecule has 4 nitrogen and oxygen atoms in total. The van der Waals surface area contributed by atoms with E-state index in [9.17, 15) is 0 Å². The predicted molar refractivity (Wildman–Crippen MR) is 236 cm³/mol. The molecule has 1 unspecified atom stereocenters. The van der Waals surface area contributed by atoms with Crippen molar-refractivity contribution in [3.63, 3.8) is 0 Å². The molecule has 0 saturated heterocycles. The average Bonchev–Trinajstić information content (AvgIpc) is 3.79. The molecule has 0 saturated carbocycles. The van der Waals surface area contributed by atoms with Crippen molar-refractivity contribution in [2.75, 3.05) is 0 Å². The lowest BCUT2D eigenvalue weighted by molar-refractivity contribution is -0.968. The third-order valence-corrected chi connectivity index (χ3v) is 15.0. The van der Waals surface area contributed by atoms with E-state index in [1.165, 1.54) is 105 Å². The van der Waals surface area contributed by atoms with Crippen molar-refractivity contribution < 1.29 is 9.13 Å². The van der Waals surface area contributed by atoms with Gasteiger partial charge in [0, 0.05) is 38.6 Å². The number of hydrogen-bond donors (Lipinski definition) is 0. The van der Waals surface area contributed by atoms with Crippen LogP contribution >= 0.6 is 0 Å². The molecule has 0 amide bonds. The topological polar surface area (TPSA) is 17.6 Å². The van der Waals surface area contributed by atoms with E-state index in [2.05, 4.69) is 217 Å². The van der Waals surface area contributed by atoms with Crippen LogP contribution in [-0.2, 0) is 21.9 Å². The molecule has 10 aromatic rings. The summed E-state index contributed by atoms with van der Waals surface area (Å²) in [5.74, 6) is 2.45. The quantitative estimate of drug-likeness (QED) is 0.156. The molecule has 1 spiro atoms. The fourth-order valence-electron chi connectivity index (χ4n) is 12.6. The van der Waals surface area contributed by atoms with E-state index in [4.69, 9.17) is 0 Å². The Hall–Kier alpha value is -6.78. The first-order chi connectivity index (χ1) is 28.7. The summed E-state index contributed by atoms with van der Waals surface area (Å²) in [4.78, 5) is 0. The van der Waals surface area contributed by atoms with E-state index in [1.807, 2.05) is 0 Å². The second-order valence-corrected chi connectivity index (χ2v) is 18.9. The lowest BCUT2D eigenvalue weighted by Gasteiger charge is -2.50. The SMILES string of the molecule is CC(C)(C)c1cc[n+]2c(c1)-n1c3ccccc3c3ccc4c(c31)C21c2c(ccc3c5cccc6c5n(c23)-c2c(ccc[n+]21)C6(C)C)C4(c1ccccc1)c1ccccc1. The van der Waals surface area contributed by atoms with Gasteiger partial charge in [0.05, 0.1) is 23.4 Å². The third-order valence-electron chi connectivity index (χ3n) is 15.0. The van der Waals surface area contributed by atoms with Crippen LogP contribution in [0.3, 0.4) is 0 Å². The summed E-state index contributed by atoms with van der Waals surface area (Å²) in [6, 6.07) is 58.3. The van der Waals surface area contributed by atoms with Crippen molar-refractivity contribution in [1.29, 1.82) is 0 Å². The van der Waals surface area contributed by atoms with Crippen LogP contribution in [0.1, 0.15) is 84.7 Å². The van der Waals surface area contributed by atoms with Crippen LogP contribution in [0.15, 0.2) is 164 Å². The molecule has 3 aliphatic heterocycles. The van der Waals surface area contributed by atoms with Gasteiger partial charge < -0.3 is 0 Å². The number of benzene rings is 6. The number of aromatic nitrogens is 4. The Bertz CT molecular complexity index is 3520. The Morgan fingerprint density at radius 1 is 0.475 bits per heavy atom. The smallest absolute Gasteiger partial charge is 0.191 e. The van der Waals surface area contributed by atoms with Crippen LogP contribution in [0.25, 0.3) is 55.2 Å². The molecular weight excluding hydrogens is 717 g/mol. The lowest BCUT2D eigenvalue weighted by Crippen LogP contribution is -2.80. The van der Waals surface area contributed by atoms with Gasteiger partial charge in [-0.3, -0.25) is 0 Å². The Labute approximate surface area is 342 Å². The second-order valence-electron chi connectivity index (χ2n) is 18.9. The van der Waals surface area contributed by atoms with E-state index >= 15 is 0 Å². The Kier molecular flexibility index (Phi) is 5.50. The predicted octanol–water partition coefficient (Wildman–Crippen LogP) is 11.0. The Balaban J connectivity index is 1.35. The van der Waals surface area contributed by atoms with Gasteiger partial charge in [-0.15, -0.1) is 0 Å². The van der Waals surface area contributed by atoms with Crippen molar-refractivity contribution in [3.8, 4) is 11.6 Å². The molecular formula is C55H42N4+2. The Morgan fingerprint density at radius 3 is 1.76 bits per heavy atom. The van der Waals surface area contributed by atoms with Gasteiger partial charge in [-0.2, -0.15) is 18.3 Å². The Morgan fingerprint density at radius 2 is 1.07 bits per heavy atom. The molecule has 7 heterocycles. The molecule has 4 aliphatic rings. The first-order valence-corrected chi connectivity index (χ1v) is 21.1. The fourth-order valence-corrected chi connectivity index (χ4v) is 12.6. The summed E-state index contributed by atoms with van der Waals surface area (Å²) in [6.45, 7) is 11.9. The van der Waals surface area contributed by atoms with Crippen molar-refractivity contribution in [1.82, 2.24) is 9.13 Å². The van der Waals surface area contributed by atoms with Gasteiger partial charge in [-0.05, 0) is 81.8 Å². The van der Waals surface area contributed by atoms with Gasteiger partial charge in [0.25, 0.3) is 11.6 Å². The minimum Gasteiger partial charge on any atom is -0.191 e. The average molecular weight is 759 g/mol. The standard InChI is InChI=1S/C55H42N4/c1-52(2,3)35-29-31-56-45(32-35)58-44-24-13-12-20-36(44)38-25-27-40-46(49(38)58)55(56)47-41(54(40,33-16-8-6-9-17-33)34-18-10-7-11-19-34)28-26-39-37-21-14-22-42-48(37)59(50(39)47)51-43(53(42,4)5)23-15-30-57(51)55/h6-32H,1-5H3/q+2. The number of rotatable bonds is 2. The molecule has 6 aromatic carbocycles. The summed E-state index contributed by atoms with van der Waals surface area (Å²) < 4.78 is 10.6. The first kappa shape index (κ1) is 32.2. The van der Waals surface area contributed by atoms with Gasteiger partial charge in [-0.1, -0.05) is 132 Å². The highest BCUT2D eigenvalue weighted by Gasteiger charge is 2.68. The van der Waals surface area contributed by atoms with Crippen molar-refractivity contribution in [3.05, 3.63) is 214 Å².